The van der Waals surface area contributed by atoms with Crippen LogP contribution in [0.5, 0.6) is 0 Å². The van der Waals surface area contributed by atoms with Gasteiger partial charge in [-0.2, -0.15) is 0 Å². The molecule has 18 heteroatoms. The van der Waals surface area contributed by atoms with Gasteiger partial charge in [0.1, 0.15) is 37.6 Å². The summed E-state index contributed by atoms with van der Waals surface area (Å²) in [6, 6.07) is 3.55. The summed E-state index contributed by atoms with van der Waals surface area (Å²) in [6.07, 6.45) is -11.4. The summed E-state index contributed by atoms with van der Waals surface area (Å²) in [5, 5.41) is 0. The SMILES string of the molecule is CC(=O)OC[C@H]1O[C@@H](c2cc3c(cc2[C@@H]2O[C@H](COC(C)=O)[C@@H](OC(C)=O)[C@H](OC(C)=O)[C@H]2OC(C)=O)CCCC3)[C@H](OC(C)=O)[C@@H](OC(C)=O)[C@@H]1OC(C)=O. The number of rotatable bonds is 12. The van der Waals surface area contributed by atoms with Crippen molar-refractivity contribution in [1.82, 2.24) is 0 Å². The molecule has 2 saturated heterocycles. The molecular formula is C38H48O18. The van der Waals surface area contributed by atoms with Gasteiger partial charge in [-0.3, -0.25) is 38.4 Å². The Morgan fingerprint density at radius 3 is 1.02 bits per heavy atom. The van der Waals surface area contributed by atoms with Crippen LogP contribution in [0.1, 0.15) is 103 Å². The topological polar surface area (TPSA) is 229 Å². The molecule has 308 valence electrons. The minimum absolute atomic E-state index is 0.254. The van der Waals surface area contributed by atoms with Crippen molar-refractivity contribution in [2.45, 2.75) is 142 Å². The third-order valence-corrected chi connectivity index (χ3v) is 9.14. The fraction of sp³-hybridized carbons (Fsp3) is 0.632. The molecule has 56 heavy (non-hydrogen) atoms. The van der Waals surface area contributed by atoms with Crippen LogP contribution in [-0.4, -0.2) is 110 Å². The Morgan fingerprint density at radius 1 is 0.446 bits per heavy atom. The van der Waals surface area contributed by atoms with Crippen molar-refractivity contribution in [1.29, 1.82) is 0 Å². The summed E-state index contributed by atoms with van der Waals surface area (Å²) < 4.78 is 57.8. The molecule has 2 fully saturated rings. The summed E-state index contributed by atoms with van der Waals surface area (Å²) in [7, 11) is 0. The Morgan fingerprint density at radius 2 is 0.732 bits per heavy atom. The maximum Gasteiger partial charge on any atom is 0.303 e. The van der Waals surface area contributed by atoms with E-state index in [4.69, 9.17) is 47.4 Å². The first-order valence-electron chi connectivity index (χ1n) is 18.1. The van der Waals surface area contributed by atoms with E-state index in [9.17, 15) is 38.4 Å². The molecule has 1 aromatic rings. The predicted octanol–water partition coefficient (Wildman–Crippen LogP) is 2.16. The van der Waals surface area contributed by atoms with Crippen LogP contribution in [0.4, 0.5) is 0 Å². The van der Waals surface area contributed by atoms with Crippen LogP contribution in [0.25, 0.3) is 0 Å². The molecule has 0 unspecified atom stereocenters. The number of hydrogen-bond donors (Lipinski definition) is 0. The molecule has 0 amide bonds. The van der Waals surface area contributed by atoms with E-state index < -0.39 is 122 Å². The van der Waals surface area contributed by atoms with Gasteiger partial charge in [0.05, 0.1) is 0 Å². The van der Waals surface area contributed by atoms with Crippen molar-refractivity contribution in [3.8, 4) is 0 Å². The Hall–Kier alpha value is -5.10. The minimum Gasteiger partial charge on any atom is -0.463 e. The number of fused-ring (bicyclic) bond motifs is 1. The molecule has 1 aliphatic carbocycles. The first-order chi connectivity index (χ1) is 26.4. The van der Waals surface area contributed by atoms with Crippen molar-refractivity contribution in [3.63, 3.8) is 0 Å². The van der Waals surface area contributed by atoms with Gasteiger partial charge in [0, 0.05) is 55.4 Å². The van der Waals surface area contributed by atoms with Crippen LogP contribution in [0.2, 0.25) is 0 Å². The molecule has 10 atom stereocenters. The van der Waals surface area contributed by atoms with Gasteiger partial charge < -0.3 is 47.4 Å². The van der Waals surface area contributed by atoms with Crippen molar-refractivity contribution in [2.75, 3.05) is 13.2 Å². The molecule has 0 radical (unpaired) electrons. The second kappa shape index (κ2) is 19.2. The molecule has 2 aliphatic heterocycles. The molecule has 0 N–H and O–H groups in total. The van der Waals surface area contributed by atoms with Crippen LogP contribution < -0.4 is 0 Å². The monoisotopic (exact) mass is 792 g/mol. The van der Waals surface area contributed by atoms with Crippen molar-refractivity contribution < 1.29 is 85.7 Å². The molecule has 0 bridgehead atoms. The summed E-state index contributed by atoms with van der Waals surface area (Å²) in [5.41, 5.74) is 2.25. The Labute approximate surface area is 323 Å². The number of ether oxygens (including phenoxy) is 10. The van der Waals surface area contributed by atoms with Crippen LogP contribution in [0.15, 0.2) is 12.1 Å². The largest absolute Gasteiger partial charge is 0.463 e. The molecule has 4 rings (SSSR count). The van der Waals surface area contributed by atoms with E-state index in [0.717, 1.165) is 79.4 Å². The molecule has 0 spiro atoms. The lowest BCUT2D eigenvalue weighted by Gasteiger charge is -2.47. The zero-order valence-electron chi connectivity index (χ0n) is 32.5. The standard InChI is InChI=1S/C38H48O18/c1-17(39)47-15-29-33(49-19(3)41)37(53-23(7)45)35(51-21(5)43)31(55-29)27-13-25-11-9-10-12-26(25)14-28(27)32-36(52-22(6)44)38(54-24(8)46)34(50-20(4)42)30(56-32)16-48-18(2)40/h13-14,29-38H,9-12,15-16H2,1-8H3/t29-,30-,31+,32+,33-,34-,35+,36+,37+,38+/m1/s1. The fourth-order valence-corrected chi connectivity index (χ4v) is 7.27. The van der Waals surface area contributed by atoms with E-state index in [1.54, 1.807) is 12.1 Å². The highest BCUT2D eigenvalue weighted by atomic mass is 16.7. The quantitative estimate of drug-likeness (QED) is 0.218. The van der Waals surface area contributed by atoms with Crippen LogP contribution in [-0.2, 0) is 98.6 Å². The summed E-state index contributed by atoms with van der Waals surface area (Å²) in [5.74, 6) is -6.34. The highest BCUT2D eigenvalue weighted by Crippen LogP contribution is 2.46. The van der Waals surface area contributed by atoms with Gasteiger partial charge in [-0.05, 0) is 47.9 Å². The Balaban J connectivity index is 2.03. The second-order valence-corrected chi connectivity index (χ2v) is 13.7. The van der Waals surface area contributed by atoms with E-state index in [1.807, 2.05) is 0 Å². The molecular weight excluding hydrogens is 744 g/mol. The van der Waals surface area contributed by atoms with Crippen molar-refractivity contribution in [2.24, 2.45) is 0 Å². The number of hydrogen-bond acceptors (Lipinski definition) is 18. The number of benzene rings is 1. The summed E-state index contributed by atoms with van der Waals surface area (Å²) >= 11 is 0. The zero-order valence-corrected chi connectivity index (χ0v) is 32.5. The molecule has 0 saturated carbocycles. The highest BCUT2D eigenvalue weighted by Gasteiger charge is 2.56. The van der Waals surface area contributed by atoms with Gasteiger partial charge in [-0.15, -0.1) is 0 Å². The summed E-state index contributed by atoms with van der Waals surface area (Å²) in [4.78, 5) is 99.6. The van der Waals surface area contributed by atoms with E-state index in [-0.39, 0.29) is 11.1 Å². The van der Waals surface area contributed by atoms with Crippen molar-refractivity contribution in [3.05, 3.63) is 34.4 Å². The van der Waals surface area contributed by atoms with Crippen LogP contribution in [0, 0.1) is 0 Å². The van der Waals surface area contributed by atoms with Crippen LogP contribution >= 0.6 is 0 Å². The molecule has 1 aromatic carbocycles. The number of carbonyl (C=O) groups excluding carboxylic acids is 8. The third kappa shape index (κ3) is 11.2. The average Bonchev–Trinajstić information content (AvgIpc) is 3.08. The van der Waals surface area contributed by atoms with Gasteiger partial charge in [0.2, 0.25) is 0 Å². The van der Waals surface area contributed by atoms with Gasteiger partial charge in [-0.25, -0.2) is 0 Å². The smallest absolute Gasteiger partial charge is 0.303 e. The van der Waals surface area contributed by atoms with Crippen molar-refractivity contribution >= 4 is 47.8 Å². The number of esters is 8. The zero-order chi connectivity index (χ0) is 41.4. The Kier molecular flexibility index (Phi) is 14.9. The first kappa shape index (κ1) is 43.6. The lowest BCUT2D eigenvalue weighted by molar-refractivity contribution is -0.259. The normalized spacial score (nSPS) is 28.3. The van der Waals surface area contributed by atoms with Gasteiger partial charge in [0.25, 0.3) is 0 Å². The van der Waals surface area contributed by atoms with Gasteiger partial charge >= 0.3 is 47.8 Å². The fourth-order valence-electron chi connectivity index (χ4n) is 7.27. The lowest BCUT2D eigenvalue weighted by Crippen LogP contribution is -2.60. The molecule has 18 nitrogen and oxygen atoms in total. The maximum atomic E-state index is 12.8. The Bertz CT molecular complexity index is 1570. The number of carbonyl (C=O) groups is 8. The van der Waals surface area contributed by atoms with E-state index in [0.29, 0.717) is 12.8 Å². The van der Waals surface area contributed by atoms with E-state index >= 15 is 0 Å². The molecule has 0 aromatic heterocycles. The maximum absolute atomic E-state index is 12.8. The third-order valence-electron chi connectivity index (χ3n) is 9.14. The summed E-state index contributed by atoms with van der Waals surface area (Å²) in [6.45, 7) is 7.95. The lowest BCUT2D eigenvalue weighted by atomic mass is 9.80. The second-order valence-electron chi connectivity index (χ2n) is 13.7. The highest BCUT2D eigenvalue weighted by molar-refractivity contribution is 5.70. The van der Waals surface area contributed by atoms with Gasteiger partial charge in [0.15, 0.2) is 36.6 Å². The van der Waals surface area contributed by atoms with Crippen LogP contribution in [0.3, 0.4) is 0 Å². The van der Waals surface area contributed by atoms with E-state index in [1.165, 1.54) is 0 Å². The van der Waals surface area contributed by atoms with E-state index in [2.05, 4.69) is 0 Å². The molecule has 3 aliphatic rings. The first-order valence-corrected chi connectivity index (χ1v) is 18.1. The predicted molar refractivity (Wildman–Crippen MR) is 185 cm³/mol. The number of aryl methyl sites for hydroxylation is 2. The minimum atomic E-state index is -1.51. The average molecular weight is 793 g/mol. The molecule has 2 heterocycles. The van der Waals surface area contributed by atoms with Gasteiger partial charge in [-0.1, -0.05) is 12.1 Å².